The highest BCUT2D eigenvalue weighted by atomic mass is 16.5. The van der Waals surface area contributed by atoms with E-state index in [1.807, 2.05) is 26.0 Å². The Morgan fingerprint density at radius 2 is 1.72 bits per heavy atom. The third-order valence-electron chi connectivity index (χ3n) is 5.76. The smallest absolute Gasteiger partial charge is 0.338 e. The van der Waals surface area contributed by atoms with Crippen LogP contribution in [0.1, 0.15) is 48.0 Å². The number of fused-ring (bicyclic) bond motifs is 1. The number of carbonyl (C=O) groups excluding carboxylic acids is 5. The van der Waals surface area contributed by atoms with Crippen molar-refractivity contribution in [3.05, 3.63) is 88.4 Å². The first-order valence-corrected chi connectivity index (χ1v) is 11.1. The van der Waals surface area contributed by atoms with Gasteiger partial charge in [-0.3, -0.25) is 24.1 Å². The zero-order valence-corrected chi connectivity index (χ0v) is 19.6. The molecule has 0 unspecified atom stereocenters. The molecule has 0 aliphatic carbocycles. The molecule has 0 saturated carbocycles. The molecular formula is C26H23N3O7. The summed E-state index contributed by atoms with van der Waals surface area (Å²) in [6.45, 7) is 2.85. The van der Waals surface area contributed by atoms with Gasteiger partial charge in [0.2, 0.25) is 5.91 Å². The summed E-state index contributed by atoms with van der Waals surface area (Å²) < 4.78 is 10.2. The minimum Gasteiger partial charge on any atom is -0.467 e. The highest BCUT2D eigenvalue weighted by Crippen LogP contribution is 2.26. The Labute approximate surface area is 206 Å². The second-order valence-corrected chi connectivity index (χ2v) is 8.18. The summed E-state index contributed by atoms with van der Waals surface area (Å²) in [5.41, 5.74) is 2.82. The van der Waals surface area contributed by atoms with Crippen molar-refractivity contribution in [1.29, 1.82) is 0 Å². The van der Waals surface area contributed by atoms with Crippen LogP contribution in [0, 0.1) is 13.8 Å². The van der Waals surface area contributed by atoms with Gasteiger partial charge in [-0.25, -0.2) is 4.79 Å². The van der Waals surface area contributed by atoms with Crippen LogP contribution >= 0.6 is 0 Å². The molecule has 10 nitrogen and oxygen atoms in total. The second kappa shape index (κ2) is 10.3. The fourth-order valence-electron chi connectivity index (χ4n) is 3.64. The average Bonchev–Trinajstić information content (AvgIpc) is 3.47. The third-order valence-corrected chi connectivity index (χ3v) is 5.76. The number of benzene rings is 2. The summed E-state index contributed by atoms with van der Waals surface area (Å²) in [6.07, 6.45) is 1.44. The number of anilines is 1. The number of furan rings is 1. The maximum Gasteiger partial charge on any atom is 0.338 e. The Hall–Kier alpha value is -4.73. The second-order valence-electron chi connectivity index (χ2n) is 8.18. The zero-order chi connectivity index (χ0) is 25.8. The number of ether oxygens (including phenoxy) is 1. The molecule has 2 aromatic carbocycles. The van der Waals surface area contributed by atoms with Crippen molar-refractivity contribution < 1.29 is 33.1 Å². The SMILES string of the molecule is Cc1cccc(NC(=O)CNC(=O)COC(=O)c2ccc3c(c2)C(=O)N(Cc2ccco2)C3=O)c1C. The Morgan fingerprint density at radius 3 is 2.47 bits per heavy atom. The van der Waals surface area contributed by atoms with Gasteiger partial charge in [-0.2, -0.15) is 0 Å². The Bertz CT molecular complexity index is 1360. The molecule has 0 bridgehead atoms. The molecule has 0 fully saturated rings. The molecule has 1 aromatic heterocycles. The fraction of sp³-hybridized carbons (Fsp3) is 0.192. The maximum absolute atomic E-state index is 12.7. The first-order valence-electron chi connectivity index (χ1n) is 11.1. The van der Waals surface area contributed by atoms with E-state index in [4.69, 9.17) is 9.15 Å². The molecular weight excluding hydrogens is 466 g/mol. The van der Waals surface area contributed by atoms with Gasteiger partial charge in [-0.15, -0.1) is 0 Å². The molecule has 2 N–H and O–H groups in total. The first-order chi connectivity index (χ1) is 17.2. The fourth-order valence-corrected chi connectivity index (χ4v) is 3.64. The zero-order valence-electron chi connectivity index (χ0n) is 19.6. The van der Waals surface area contributed by atoms with Gasteiger partial charge in [0.15, 0.2) is 6.61 Å². The summed E-state index contributed by atoms with van der Waals surface area (Å²) >= 11 is 0. The molecule has 3 aromatic rings. The number of carbonyl (C=O) groups is 5. The number of hydrogen-bond acceptors (Lipinski definition) is 7. The van der Waals surface area contributed by atoms with Gasteiger partial charge in [0.05, 0.1) is 36.0 Å². The van der Waals surface area contributed by atoms with E-state index in [1.165, 1.54) is 24.5 Å². The number of rotatable bonds is 8. The monoisotopic (exact) mass is 489 g/mol. The minimum absolute atomic E-state index is 0.00946. The lowest BCUT2D eigenvalue weighted by Crippen LogP contribution is -2.35. The lowest BCUT2D eigenvalue weighted by atomic mass is 10.1. The average molecular weight is 489 g/mol. The molecule has 184 valence electrons. The normalized spacial score (nSPS) is 12.3. The van der Waals surface area contributed by atoms with Crippen LogP contribution < -0.4 is 10.6 Å². The quantitative estimate of drug-likeness (QED) is 0.367. The molecule has 36 heavy (non-hydrogen) atoms. The summed E-state index contributed by atoms with van der Waals surface area (Å²) in [4.78, 5) is 62.9. The van der Waals surface area contributed by atoms with E-state index < -0.39 is 36.2 Å². The van der Waals surface area contributed by atoms with E-state index >= 15 is 0 Å². The Balaban J connectivity index is 1.29. The first kappa shape index (κ1) is 24.4. The van der Waals surface area contributed by atoms with E-state index in [2.05, 4.69) is 10.6 Å². The third kappa shape index (κ3) is 5.17. The van der Waals surface area contributed by atoms with Crippen molar-refractivity contribution in [2.45, 2.75) is 20.4 Å². The van der Waals surface area contributed by atoms with E-state index in [9.17, 15) is 24.0 Å². The highest BCUT2D eigenvalue weighted by Gasteiger charge is 2.36. The van der Waals surface area contributed by atoms with Crippen molar-refractivity contribution in [3.8, 4) is 0 Å². The predicted octanol–water partition coefficient (Wildman–Crippen LogP) is 2.60. The molecule has 0 saturated heterocycles. The molecule has 1 aliphatic heterocycles. The number of hydrogen-bond donors (Lipinski definition) is 2. The van der Waals surface area contributed by atoms with Crippen LogP contribution in [-0.2, 0) is 20.9 Å². The summed E-state index contributed by atoms with van der Waals surface area (Å²) in [5, 5.41) is 5.10. The van der Waals surface area contributed by atoms with Crippen molar-refractivity contribution >= 4 is 35.3 Å². The van der Waals surface area contributed by atoms with E-state index in [1.54, 1.807) is 18.2 Å². The Morgan fingerprint density at radius 1 is 0.944 bits per heavy atom. The van der Waals surface area contributed by atoms with Crippen LogP contribution in [0.2, 0.25) is 0 Å². The standard InChI is InChI=1S/C26H23N3O7/c1-15-5-3-7-21(16(15)2)28-22(30)12-27-23(31)14-36-26(34)17-8-9-19-20(11-17)25(33)29(24(19)32)13-18-6-4-10-35-18/h3-11H,12-14H2,1-2H3,(H,27,31)(H,28,30). The van der Waals surface area contributed by atoms with Gasteiger partial charge in [0.1, 0.15) is 5.76 Å². The number of nitrogens with zero attached hydrogens (tertiary/aromatic N) is 1. The largest absolute Gasteiger partial charge is 0.467 e. The number of amides is 4. The molecule has 0 spiro atoms. The number of esters is 1. The Kier molecular flexibility index (Phi) is 6.95. The molecule has 4 amide bonds. The molecule has 0 radical (unpaired) electrons. The number of aryl methyl sites for hydroxylation is 1. The summed E-state index contributed by atoms with van der Waals surface area (Å²) in [6, 6.07) is 12.8. The topological polar surface area (TPSA) is 135 Å². The lowest BCUT2D eigenvalue weighted by Gasteiger charge is -2.11. The van der Waals surface area contributed by atoms with Crippen LogP contribution in [0.4, 0.5) is 5.69 Å². The summed E-state index contributed by atoms with van der Waals surface area (Å²) in [5.74, 6) is -2.56. The van der Waals surface area contributed by atoms with Crippen molar-refractivity contribution in [2.75, 3.05) is 18.5 Å². The van der Waals surface area contributed by atoms with Crippen LogP contribution in [0.15, 0.2) is 59.2 Å². The van der Waals surface area contributed by atoms with Gasteiger partial charge >= 0.3 is 5.97 Å². The maximum atomic E-state index is 12.7. The van der Waals surface area contributed by atoms with Crippen molar-refractivity contribution in [1.82, 2.24) is 10.2 Å². The molecule has 0 atom stereocenters. The van der Waals surface area contributed by atoms with Crippen LogP contribution in [-0.4, -0.2) is 47.6 Å². The summed E-state index contributed by atoms with van der Waals surface area (Å²) in [7, 11) is 0. The van der Waals surface area contributed by atoms with Crippen LogP contribution in [0.25, 0.3) is 0 Å². The number of nitrogens with one attached hydrogen (secondary N) is 2. The molecule has 4 rings (SSSR count). The van der Waals surface area contributed by atoms with Gasteiger partial charge in [0.25, 0.3) is 17.7 Å². The molecule has 1 aliphatic rings. The van der Waals surface area contributed by atoms with Crippen LogP contribution in [0.5, 0.6) is 0 Å². The van der Waals surface area contributed by atoms with E-state index in [0.29, 0.717) is 11.4 Å². The van der Waals surface area contributed by atoms with Gasteiger partial charge in [-0.05, 0) is 61.4 Å². The number of imide groups is 1. The van der Waals surface area contributed by atoms with Gasteiger partial charge in [0, 0.05) is 5.69 Å². The van der Waals surface area contributed by atoms with Crippen molar-refractivity contribution in [2.24, 2.45) is 0 Å². The lowest BCUT2D eigenvalue weighted by molar-refractivity contribution is -0.126. The minimum atomic E-state index is -0.850. The van der Waals surface area contributed by atoms with Crippen LogP contribution in [0.3, 0.4) is 0 Å². The van der Waals surface area contributed by atoms with Gasteiger partial charge in [-0.1, -0.05) is 12.1 Å². The molecule has 10 heteroatoms. The van der Waals surface area contributed by atoms with E-state index in [0.717, 1.165) is 16.0 Å². The predicted molar refractivity (Wildman–Crippen MR) is 127 cm³/mol. The van der Waals surface area contributed by atoms with Gasteiger partial charge < -0.3 is 19.8 Å². The van der Waals surface area contributed by atoms with Crippen molar-refractivity contribution in [3.63, 3.8) is 0 Å². The molecule has 2 heterocycles. The van der Waals surface area contributed by atoms with E-state index in [-0.39, 0.29) is 29.8 Å². The highest BCUT2D eigenvalue weighted by molar-refractivity contribution is 6.21.